The van der Waals surface area contributed by atoms with Gasteiger partial charge in [-0.15, -0.1) is 0 Å². The summed E-state index contributed by atoms with van der Waals surface area (Å²) in [6.07, 6.45) is -0.876. The second-order valence-electron chi connectivity index (χ2n) is 9.77. The Hall–Kier alpha value is -3.59. The van der Waals surface area contributed by atoms with Crippen LogP contribution in [0.5, 0.6) is 5.75 Å². The van der Waals surface area contributed by atoms with Crippen molar-refractivity contribution in [2.45, 2.75) is 54.9 Å². The van der Waals surface area contributed by atoms with Gasteiger partial charge in [-0.2, -0.15) is 22.0 Å². The topological polar surface area (TPSA) is 96.5 Å². The monoisotopic (exact) mass is 603 g/mol. The van der Waals surface area contributed by atoms with Gasteiger partial charge in [0.1, 0.15) is 22.9 Å². The summed E-state index contributed by atoms with van der Waals surface area (Å²) in [6, 6.07) is 7.03. The molecular weight excluding hydrogens is 576 g/mol. The first-order valence-electron chi connectivity index (χ1n) is 12.4. The number of hydrogen-bond donors (Lipinski definition) is 2. The fourth-order valence-corrected chi connectivity index (χ4v) is 6.03. The Morgan fingerprint density at radius 1 is 1.10 bits per heavy atom. The van der Waals surface area contributed by atoms with Gasteiger partial charge < -0.3 is 15.0 Å². The zero-order chi connectivity index (χ0) is 29.9. The number of anilines is 2. The van der Waals surface area contributed by atoms with Gasteiger partial charge in [-0.3, -0.25) is 4.72 Å². The maximum Gasteiger partial charge on any atom is 0.416 e. The van der Waals surface area contributed by atoms with Crippen LogP contribution >= 0.6 is 0 Å². The zero-order valence-corrected chi connectivity index (χ0v) is 22.7. The zero-order valence-electron chi connectivity index (χ0n) is 21.9. The van der Waals surface area contributed by atoms with Gasteiger partial charge in [-0.1, -0.05) is 18.2 Å². The summed E-state index contributed by atoms with van der Waals surface area (Å²) >= 11 is 0. The average Bonchev–Trinajstić information content (AvgIpc) is 2.89. The molecule has 1 saturated carbocycles. The molecule has 1 heterocycles. The number of sulfonamides is 1. The Bertz CT molecular complexity index is 1460. The van der Waals surface area contributed by atoms with E-state index in [1.807, 2.05) is 4.90 Å². The van der Waals surface area contributed by atoms with E-state index in [0.717, 1.165) is 24.5 Å². The van der Waals surface area contributed by atoms with Gasteiger partial charge in [-0.05, 0) is 57.0 Å². The van der Waals surface area contributed by atoms with Gasteiger partial charge in [0.05, 0.1) is 11.3 Å². The van der Waals surface area contributed by atoms with Crippen molar-refractivity contribution in [3.63, 3.8) is 0 Å². The van der Waals surface area contributed by atoms with Crippen LogP contribution in [0, 0.1) is 5.82 Å². The maximum atomic E-state index is 15.2. The maximum absolute atomic E-state index is 15.2. The molecule has 0 unspecified atom stereocenters. The minimum absolute atomic E-state index is 0.163. The molecule has 2 aromatic carbocycles. The molecule has 0 radical (unpaired) electrons. The number of nitrogens with one attached hydrogen (secondary N) is 2. The quantitative estimate of drug-likeness (QED) is 0.302. The van der Waals surface area contributed by atoms with Gasteiger partial charge in [0, 0.05) is 30.4 Å². The van der Waals surface area contributed by atoms with E-state index in [1.165, 1.54) is 18.3 Å². The highest BCUT2D eigenvalue weighted by Gasteiger charge is 2.36. The minimum atomic E-state index is -4.58. The lowest BCUT2D eigenvalue weighted by Crippen LogP contribution is -2.47. The Morgan fingerprint density at radius 3 is 2.49 bits per heavy atom. The fraction of sp³-hybridized carbons (Fsp3) is 0.385. The first-order chi connectivity index (χ1) is 19.2. The van der Waals surface area contributed by atoms with Crippen LogP contribution in [-0.4, -0.2) is 56.1 Å². The molecule has 1 aliphatic carbocycles. The standard InChI is InChI=1S/C26H27F6N5O3S/c1-37(2)21-11-16(15-4-3-5-17(10-15)26(30,31)32)6-7-19(21)35-20-12-18(27)23(13-22(20)40-25(28)29)41(38,39)36-24-8-9-33-14-34-24/h3-5,8-10,12-14,16,19,21,25,35H,6-7,11H2,1-2H3,(H,33,34,36)/t16-,19-,21-/m0/s1. The van der Waals surface area contributed by atoms with Crippen molar-refractivity contribution in [2.75, 3.05) is 24.1 Å². The molecule has 0 amide bonds. The third-order valence-corrected chi connectivity index (χ3v) is 8.24. The molecule has 1 fully saturated rings. The molecule has 8 nitrogen and oxygen atoms in total. The van der Waals surface area contributed by atoms with E-state index < -0.39 is 50.9 Å². The van der Waals surface area contributed by atoms with Crippen molar-refractivity contribution >= 4 is 21.5 Å². The Kier molecular flexibility index (Phi) is 8.97. The summed E-state index contributed by atoms with van der Waals surface area (Å²) in [5.74, 6) is -2.20. The lowest BCUT2D eigenvalue weighted by Gasteiger charge is -2.41. The number of rotatable bonds is 9. The second-order valence-corrected chi connectivity index (χ2v) is 11.4. The molecule has 41 heavy (non-hydrogen) atoms. The van der Waals surface area contributed by atoms with Crippen molar-refractivity contribution in [3.05, 3.63) is 71.9 Å². The third-order valence-electron chi connectivity index (χ3n) is 6.87. The summed E-state index contributed by atoms with van der Waals surface area (Å²) in [4.78, 5) is 8.26. The highest BCUT2D eigenvalue weighted by Crippen LogP contribution is 2.40. The first-order valence-corrected chi connectivity index (χ1v) is 13.9. The predicted molar refractivity (Wildman–Crippen MR) is 139 cm³/mol. The van der Waals surface area contributed by atoms with Crippen LogP contribution in [0.1, 0.15) is 36.3 Å². The number of aromatic nitrogens is 2. The number of likely N-dealkylation sites (N-methyl/N-ethyl adjacent to an activating group) is 1. The normalized spacial score (nSPS) is 19.8. The highest BCUT2D eigenvalue weighted by molar-refractivity contribution is 7.92. The summed E-state index contributed by atoms with van der Waals surface area (Å²) in [5, 5.41) is 3.01. The van der Waals surface area contributed by atoms with E-state index in [1.54, 1.807) is 20.2 Å². The lowest BCUT2D eigenvalue weighted by molar-refractivity contribution is -0.137. The smallest absolute Gasteiger partial charge is 0.416 e. The lowest BCUT2D eigenvalue weighted by atomic mass is 9.78. The van der Waals surface area contributed by atoms with Gasteiger partial charge >= 0.3 is 12.8 Å². The second kappa shape index (κ2) is 12.1. The van der Waals surface area contributed by atoms with Crippen LogP contribution in [0.25, 0.3) is 0 Å². The first kappa shape index (κ1) is 30.4. The Labute approximate surface area is 232 Å². The molecule has 15 heteroatoms. The summed E-state index contributed by atoms with van der Waals surface area (Å²) in [7, 11) is -1.06. The summed E-state index contributed by atoms with van der Waals surface area (Å²) in [5.41, 5.74) is -0.410. The third kappa shape index (κ3) is 7.38. The molecule has 1 aromatic heterocycles. The molecule has 3 aromatic rings. The van der Waals surface area contributed by atoms with Crippen LogP contribution in [-0.2, 0) is 16.2 Å². The molecule has 4 rings (SSSR count). The molecule has 0 spiro atoms. The van der Waals surface area contributed by atoms with Crippen LogP contribution in [0.3, 0.4) is 0 Å². The summed E-state index contributed by atoms with van der Waals surface area (Å²) < 4.78 is 114. The van der Waals surface area contributed by atoms with Crippen LogP contribution in [0.15, 0.2) is 59.9 Å². The number of ether oxygens (including phenoxy) is 1. The van der Waals surface area contributed by atoms with Gasteiger partial charge in [0.15, 0.2) is 5.75 Å². The van der Waals surface area contributed by atoms with Crippen LogP contribution in [0.2, 0.25) is 0 Å². The van der Waals surface area contributed by atoms with Gasteiger partial charge in [-0.25, -0.2) is 22.8 Å². The van der Waals surface area contributed by atoms with Crippen molar-refractivity contribution < 1.29 is 39.5 Å². The highest BCUT2D eigenvalue weighted by atomic mass is 32.2. The van der Waals surface area contributed by atoms with E-state index in [0.29, 0.717) is 30.9 Å². The predicted octanol–water partition coefficient (Wildman–Crippen LogP) is 5.72. The SMILES string of the molecule is CN(C)[C@H]1C[C@@H](c2cccc(C(F)(F)F)c2)CC[C@@H]1Nc1cc(F)c(S(=O)(=O)Nc2ccncn2)cc1OC(F)F. The number of alkyl halides is 5. The largest absolute Gasteiger partial charge is 0.433 e. The molecule has 0 bridgehead atoms. The fourth-order valence-electron chi connectivity index (χ4n) is 4.95. The molecule has 3 atom stereocenters. The van der Waals surface area contributed by atoms with E-state index in [9.17, 15) is 30.4 Å². The molecule has 222 valence electrons. The van der Waals surface area contributed by atoms with Crippen molar-refractivity contribution in [2.24, 2.45) is 0 Å². The average molecular weight is 604 g/mol. The van der Waals surface area contributed by atoms with Gasteiger partial charge in [0.25, 0.3) is 10.0 Å². The number of nitrogens with zero attached hydrogens (tertiary/aromatic N) is 3. The number of halogens is 6. The van der Waals surface area contributed by atoms with Crippen molar-refractivity contribution in [3.8, 4) is 5.75 Å². The molecule has 2 N–H and O–H groups in total. The Morgan fingerprint density at radius 2 is 1.85 bits per heavy atom. The van der Waals surface area contributed by atoms with Crippen LogP contribution in [0.4, 0.5) is 37.8 Å². The molecule has 0 aliphatic heterocycles. The number of benzene rings is 2. The van der Waals surface area contributed by atoms with Crippen molar-refractivity contribution in [1.82, 2.24) is 14.9 Å². The molecule has 1 aliphatic rings. The van der Waals surface area contributed by atoms with E-state index >= 15 is 4.39 Å². The minimum Gasteiger partial charge on any atom is -0.433 e. The van der Waals surface area contributed by atoms with E-state index in [-0.39, 0.29) is 23.5 Å². The van der Waals surface area contributed by atoms with Crippen molar-refractivity contribution in [1.29, 1.82) is 0 Å². The van der Waals surface area contributed by atoms with E-state index in [4.69, 9.17) is 0 Å². The summed E-state index contributed by atoms with van der Waals surface area (Å²) in [6.45, 7) is -3.34. The molecular formula is C26H27F6N5O3S. The van der Waals surface area contributed by atoms with E-state index in [2.05, 4.69) is 24.7 Å². The van der Waals surface area contributed by atoms with Gasteiger partial charge in [0.2, 0.25) is 0 Å². The molecule has 0 saturated heterocycles. The van der Waals surface area contributed by atoms with Crippen LogP contribution < -0.4 is 14.8 Å². The Balaban J connectivity index is 1.60. The number of hydrogen-bond acceptors (Lipinski definition) is 7.